The van der Waals surface area contributed by atoms with Crippen LogP contribution in [0.3, 0.4) is 0 Å². The lowest BCUT2D eigenvalue weighted by Gasteiger charge is -2.34. The van der Waals surface area contributed by atoms with Gasteiger partial charge in [-0.15, -0.1) is 0 Å². The quantitative estimate of drug-likeness (QED) is 0.639. The SMILES string of the molecule is CCN1CCN(Cc2ccc(NC(=O)c3ccc(S(=O)(=O)CCOC)cc3)cc2)CC1. The van der Waals surface area contributed by atoms with E-state index in [-0.39, 0.29) is 23.2 Å². The van der Waals surface area contributed by atoms with E-state index in [9.17, 15) is 13.2 Å². The van der Waals surface area contributed by atoms with Gasteiger partial charge in [-0.05, 0) is 48.5 Å². The van der Waals surface area contributed by atoms with Gasteiger partial charge in [0.2, 0.25) is 0 Å². The molecule has 0 aliphatic carbocycles. The maximum Gasteiger partial charge on any atom is 0.255 e. The summed E-state index contributed by atoms with van der Waals surface area (Å²) in [4.78, 5) is 17.6. The minimum atomic E-state index is -3.41. The Labute approximate surface area is 184 Å². The van der Waals surface area contributed by atoms with Gasteiger partial charge in [-0.3, -0.25) is 9.69 Å². The van der Waals surface area contributed by atoms with Gasteiger partial charge >= 0.3 is 0 Å². The average Bonchev–Trinajstić information content (AvgIpc) is 2.79. The molecule has 1 saturated heterocycles. The fraction of sp³-hybridized carbons (Fsp3) is 0.435. The smallest absolute Gasteiger partial charge is 0.255 e. The van der Waals surface area contributed by atoms with Crippen molar-refractivity contribution in [1.82, 2.24) is 9.80 Å². The number of sulfone groups is 1. The molecule has 1 aliphatic heterocycles. The van der Waals surface area contributed by atoms with Crippen molar-refractivity contribution >= 4 is 21.4 Å². The lowest BCUT2D eigenvalue weighted by atomic mass is 10.1. The molecule has 1 aliphatic rings. The van der Waals surface area contributed by atoms with Crippen molar-refractivity contribution in [3.8, 4) is 0 Å². The molecule has 2 aromatic rings. The molecule has 0 radical (unpaired) electrons. The Morgan fingerprint density at radius 1 is 0.968 bits per heavy atom. The first-order chi connectivity index (χ1) is 14.9. The van der Waals surface area contributed by atoms with E-state index in [1.54, 1.807) is 0 Å². The Kier molecular flexibility index (Phi) is 8.20. The standard InChI is InChI=1S/C23H31N3O4S/c1-3-25-12-14-26(15-13-25)18-19-4-8-21(9-5-19)24-23(27)20-6-10-22(11-7-20)31(28,29)17-16-30-2/h4-11H,3,12-18H2,1-2H3,(H,24,27). The molecule has 31 heavy (non-hydrogen) atoms. The number of amides is 1. The van der Waals surface area contributed by atoms with Crippen LogP contribution < -0.4 is 5.32 Å². The monoisotopic (exact) mass is 445 g/mol. The molecule has 1 heterocycles. The molecule has 0 bridgehead atoms. The van der Waals surface area contributed by atoms with E-state index in [1.807, 2.05) is 24.3 Å². The second-order valence-electron chi connectivity index (χ2n) is 7.70. The van der Waals surface area contributed by atoms with Crippen molar-refractivity contribution in [3.63, 3.8) is 0 Å². The van der Waals surface area contributed by atoms with E-state index in [4.69, 9.17) is 4.74 Å². The van der Waals surface area contributed by atoms with E-state index in [0.717, 1.165) is 39.3 Å². The average molecular weight is 446 g/mol. The van der Waals surface area contributed by atoms with Gasteiger partial charge in [0.05, 0.1) is 17.3 Å². The van der Waals surface area contributed by atoms with Crippen molar-refractivity contribution in [2.45, 2.75) is 18.4 Å². The predicted molar refractivity (Wildman–Crippen MR) is 122 cm³/mol. The summed E-state index contributed by atoms with van der Waals surface area (Å²) in [6.07, 6.45) is 0. The largest absolute Gasteiger partial charge is 0.384 e. The maximum absolute atomic E-state index is 12.5. The number of hydrogen-bond acceptors (Lipinski definition) is 6. The predicted octanol–water partition coefficient (Wildman–Crippen LogP) is 2.50. The summed E-state index contributed by atoms with van der Waals surface area (Å²) in [5.41, 5.74) is 2.33. The number of nitrogens with zero attached hydrogens (tertiary/aromatic N) is 2. The van der Waals surface area contributed by atoms with Crippen molar-refractivity contribution in [1.29, 1.82) is 0 Å². The Balaban J connectivity index is 1.54. The van der Waals surface area contributed by atoms with Crippen LogP contribution in [0, 0.1) is 0 Å². The molecule has 0 unspecified atom stereocenters. The van der Waals surface area contributed by atoms with E-state index >= 15 is 0 Å². The molecule has 7 nitrogen and oxygen atoms in total. The molecule has 0 atom stereocenters. The number of piperazine rings is 1. The van der Waals surface area contributed by atoms with Crippen LogP contribution in [0.2, 0.25) is 0 Å². The Bertz CT molecular complexity index is 951. The van der Waals surface area contributed by atoms with Crippen LogP contribution in [0.1, 0.15) is 22.8 Å². The zero-order valence-electron chi connectivity index (χ0n) is 18.2. The van der Waals surface area contributed by atoms with Crippen molar-refractivity contribution in [3.05, 3.63) is 59.7 Å². The van der Waals surface area contributed by atoms with Crippen LogP contribution in [0.15, 0.2) is 53.4 Å². The molecule has 1 amide bonds. The summed E-state index contributed by atoms with van der Waals surface area (Å²) in [6.45, 7) is 8.71. The van der Waals surface area contributed by atoms with E-state index in [2.05, 4.69) is 22.0 Å². The number of carbonyl (C=O) groups excluding carboxylic acids is 1. The number of anilines is 1. The zero-order chi connectivity index (χ0) is 22.3. The van der Waals surface area contributed by atoms with Gasteiger partial charge in [-0.2, -0.15) is 0 Å². The second kappa shape index (κ2) is 10.9. The minimum Gasteiger partial charge on any atom is -0.384 e. The molecule has 0 aromatic heterocycles. The molecular formula is C23H31N3O4S. The third-order valence-electron chi connectivity index (χ3n) is 5.56. The van der Waals surface area contributed by atoms with Crippen LogP contribution in [0.5, 0.6) is 0 Å². The summed E-state index contributed by atoms with van der Waals surface area (Å²) >= 11 is 0. The van der Waals surface area contributed by atoms with Gasteiger partial charge in [0.1, 0.15) is 0 Å². The van der Waals surface area contributed by atoms with Gasteiger partial charge in [-0.1, -0.05) is 19.1 Å². The van der Waals surface area contributed by atoms with Crippen molar-refractivity contribution in [2.75, 3.05) is 57.5 Å². The lowest BCUT2D eigenvalue weighted by molar-refractivity contribution is 0.102. The van der Waals surface area contributed by atoms with Crippen LogP contribution in [-0.2, 0) is 21.1 Å². The number of rotatable bonds is 9. The molecule has 2 aromatic carbocycles. The van der Waals surface area contributed by atoms with Gasteiger partial charge in [0.15, 0.2) is 9.84 Å². The van der Waals surface area contributed by atoms with E-state index in [0.29, 0.717) is 11.3 Å². The van der Waals surface area contributed by atoms with Gasteiger partial charge in [0, 0.05) is 51.1 Å². The van der Waals surface area contributed by atoms with Crippen LogP contribution in [0.4, 0.5) is 5.69 Å². The van der Waals surface area contributed by atoms with Gasteiger partial charge in [-0.25, -0.2) is 8.42 Å². The second-order valence-corrected chi connectivity index (χ2v) is 9.81. The summed E-state index contributed by atoms with van der Waals surface area (Å²) in [5.74, 6) is -0.361. The van der Waals surface area contributed by atoms with Crippen molar-refractivity contribution in [2.24, 2.45) is 0 Å². The number of carbonyl (C=O) groups is 1. The van der Waals surface area contributed by atoms with Crippen LogP contribution in [0.25, 0.3) is 0 Å². The summed E-state index contributed by atoms with van der Waals surface area (Å²) in [6, 6.07) is 13.8. The summed E-state index contributed by atoms with van der Waals surface area (Å²) in [7, 11) is -1.95. The number of likely N-dealkylation sites (N-methyl/N-ethyl adjacent to an activating group) is 1. The Morgan fingerprint density at radius 3 is 2.16 bits per heavy atom. The van der Waals surface area contributed by atoms with Crippen LogP contribution >= 0.6 is 0 Å². The van der Waals surface area contributed by atoms with Crippen LogP contribution in [-0.4, -0.2) is 76.3 Å². The highest BCUT2D eigenvalue weighted by Gasteiger charge is 2.16. The molecule has 1 fully saturated rings. The highest BCUT2D eigenvalue weighted by molar-refractivity contribution is 7.91. The Hall–Kier alpha value is -2.26. The summed E-state index contributed by atoms with van der Waals surface area (Å²) < 4.78 is 29.2. The number of ether oxygens (including phenoxy) is 1. The number of nitrogens with one attached hydrogen (secondary N) is 1. The van der Waals surface area contributed by atoms with E-state index < -0.39 is 9.84 Å². The fourth-order valence-corrected chi connectivity index (χ4v) is 4.72. The minimum absolute atomic E-state index is 0.0876. The molecule has 1 N–H and O–H groups in total. The highest BCUT2D eigenvalue weighted by atomic mass is 32.2. The first kappa shape index (κ1) is 23.4. The maximum atomic E-state index is 12.5. The highest BCUT2D eigenvalue weighted by Crippen LogP contribution is 2.16. The van der Waals surface area contributed by atoms with Gasteiger partial charge < -0.3 is 15.0 Å². The first-order valence-electron chi connectivity index (χ1n) is 10.6. The zero-order valence-corrected chi connectivity index (χ0v) is 19.0. The fourth-order valence-electron chi connectivity index (χ4n) is 3.54. The molecular weight excluding hydrogens is 414 g/mol. The van der Waals surface area contributed by atoms with E-state index in [1.165, 1.54) is 36.9 Å². The normalized spacial score (nSPS) is 15.7. The molecule has 3 rings (SSSR count). The first-order valence-corrected chi connectivity index (χ1v) is 12.2. The number of hydrogen-bond donors (Lipinski definition) is 1. The molecule has 168 valence electrons. The van der Waals surface area contributed by atoms with Crippen molar-refractivity contribution < 1.29 is 17.9 Å². The molecule has 0 spiro atoms. The lowest BCUT2D eigenvalue weighted by Crippen LogP contribution is -2.45. The molecule has 0 saturated carbocycles. The topological polar surface area (TPSA) is 79.0 Å². The summed E-state index contributed by atoms with van der Waals surface area (Å²) in [5, 5.41) is 2.87. The Morgan fingerprint density at radius 2 is 1.58 bits per heavy atom. The third-order valence-corrected chi connectivity index (χ3v) is 7.26. The van der Waals surface area contributed by atoms with Gasteiger partial charge in [0.25, 0.3) is 5.91 Å². The number of methoxy groups -OCH3 is 1. The third kappa shape index (κ3) is 6.61. The molecule has 8 heteroatoms. The number of benzene rings is 2.